The maximum Gasteiger partial charge on any atom is 0.265 e. The molecule has 0 unspecified atom stereocenters. The van der Waals surface area contributed by atoms with Crippen LogP contribution in [0.1, 0.15) is 40.1 Å². The van der Waals surface area contributed by atoms with Gasteiger partial charge in [-0.3, -0.25) is 0 Å². The van der Waals surface area contributed by atoms with Crippen LogP contribution in [-0.4, -0.2) is 23.4 Å². The molecule has 0 amide bonds. The van der Waals surface area contributed by atoms with Gasteiger partial charge < -0.3 is 0 Å². The fraction of sp³-hybridized carbons (Fsp3) is 0.207. The molecular formula is C29H25N5O2S2. The molecular weight excluding hydrogens is 514 g/mol. The molecule has 0 aliphatic heterocycles. The minimum Gasteiger partial charge on any atom is -0.250 e. The molecule has 5 aromatic rings. The summed E-state index contributed by atoms with van der Waals surface area (Å²) in [6, 6.07) is 25.0. The summed E-state index contributed by atoms with van der Waals surface area (Å²) in [5.41, 5.74) is 3.04. The predicted molar refractivity (Wildman–Crippen MR) is 149 cm³/mol. The largest absolute Gasteiger partial charge is 0.265 e. The van der Waals surface area contributed by atoms with Gasteiger partial charge in [-0.05, 0) is 48.3 Å². The number of sulfonamides is 1. The summed E-state index contributed by atoms with van der Waals surface area (Å²) >= 11 is 1.42. The fourth-order valence-electron chi connectivity index (χ4n) is 5.05. The zero-order valence-electron chi connectivity index (χ0n) is 20.6. The summed E-state index contributed by atoms with van der Waals surface area (Å²) in [5.74, 6) is 0. The Labute approximate surface area is 225 Å². The van der Waals surface area contributed by atoms with Gasteiger partial charge in [0.1, 0.15) is 16.8 Å². The number of hydrogen-bond acceptors (Lipinski definition) is 6. The highest BCUT2D eigenvalue weighted by Crippen LogP contribution is 2.42. The van der Waals surface area contributed by atoms with Gasteiger partial charge in [-0.1, -0.05) is 71.9 Å². The molecule has 0 bridgehead atoms. The number of aromatic nitrogens is 3. The molecule has 0 saturated heterocycles. The molecule has 190 valence electrons. The lowest BCUT2D eigenvalue weighted by Crippen LogP contribution is -2.31. The number of nitriles is 1. The van der Waals surface area contributed by atoms with Crippen molar-refractivity contribution in [3.63, 3.8) is 0 Å². The van der Waals surface area contributed by atoms with Crippen molar-refractivity contribution in [1.29, 1.82) is 5.26 Å². The monoisotopic (exact) mass is 539 g/mol. The first-order valence-corrected chi connectivity index (χ1v) is 14.8. The van der Waals surface area contributed by atoms with E-state index in [1.165, 1.54) is 15.6 Å². The number of anilines is 1. The Morgan fingerprint density at radius 3 is 2.58 bits per heavy atom. The van der Waals surface area contributed by atoms with Gasteiger partial charge >= 0.3 is 0 Å². The van der Waals surface area contributed by atoms with Crippen LogP contribution < -0.4 is 4.31 Å². The Hall–Kier alpha value is -4.00. The van der Waals surface area contributed by atoms with Crippen LogP contribution >= 0.6 is 11.3 Å². The van der Waals surface area contributed by atoms with Crippen LogP contribution in [0.25, 0.3) is 10.8 Å². The van der Waals surface area contributed by atoms with Crippen LogP contribution in [0.3, 0.4) is 0 Å². The molecule has 0 N–H and O–H groups in total. The normalized spacial score (nSPS) is 13.2. The summed E-state index contributed by atoms with van der Waals surface area (Å²) in [6.07, 6.45) is 5.48. The highest BCUT2D eigenvalue weighted by atomic mass is 32.2. The lowest BCUT2D eigenvalue weighted by molar-refractivity contribution is 0.591. The second-order valence-corrected chi connectivity index (χ2v) is 12.3. The van der Waals surface area contributed by atoms with Crippen LogP contribution in [0.4, 0.5) is 5.00 Å². The van der Waals surface area contributed by atoms with E-state index in [9.17, 15) is 13.7 Å². The van der Waals surface area contributed by atoms with Crippen molar-refractivity contribution in [2.75, 3.05) is 4.31 Å². The highest BCUT2D eigenvalue weighted by Gasteiger charge is 2.33. The molecule has 9 heteroatoms. The summed E-state index contributed by atoms with van der Waals surface area (Å²) in [6.45, 7) is 0.509. The third kappa shape index (κ3) is 4.46. The van der Waals surface area contributed by atoms with Gasteiger partial charge in [-0.2, -0.15) is 5.26 Å². The molecule has 0 radical (unpaired) electrons. The standard InChI is InChI=1S/C29H25N5O2S2/c30-17-26-25-14-6-7-15-27(25)37-29(26)34(20-23-19-33(32-31-23)18-21-9-2-1-3-10-21)38(35,36)28-16-8-12-22-11-4-5-13-24(22)28/h1-5,8-13,16,19H,6-7,14-15,18,20H2. The minimum atomic E-state index is -4.04. The first-order valence-electron chi connectivity index (χ1n) is 12.5. The Morgan fingerprint density at radius 2 is 1.74 bits per heavy atom. The predicted octanol–water partition coefficient (Wildman–Crippen LogP) is 5.69. The number of benzene rings is 3. The lowest BCUT2D eigenvalue weighted by Gasteiger charge is -2.23. The van der Waals surface area contributed by atoms with E-state index in [-0.39, 0.29) is 11.4 Å². The average molecular weight is 540 g/mol. The molecule has 0 saturated carbocycles. The first-order chi connectivity index (χ1) is 18.5. The number of hydrogen-bond donors (Lipinski definition) is 0. The lowest BCUT2D eigenvalue weighted by atomic mass is 9.96. The average Bonchev–Trinajstić information content (AvgIpc) is 3.55. The van der Waals surface area contributed by atoms with Crippen LogP contribution in [0.5, 0.6) is 0 Å². The third-order valence-electron chi connectivity index (χ3n) is 6.89. The summed E-state index contributed by atoms with van der Waals surface area (Å²) < 4.78 is 31.9. The summed E-state index contributed by atoms with van der Waals surface area (Å²) in [7, 11) is -4.04. The SMILES string of the molecule is N#Cc1c(N(Cc2cn(Cc3ccccc3)nn2)S(=O)(=O)c2cccc3ccccc23)sc2c1CCCC2. The van der Waals surface area contributed by atoms with E-state index in [2.05, 4.69) is 16.4 Å². The van der Waals surface area contributed by atoms with E-state index < -0.39 is 10.0 Å². The molecule has 38 heavy (non-hydrogen) atoms. The van der Waals surface area contributed by atoms with Crippen molar-refractivity contribution >= 4 is 37.1 Å². The third-order valence-corrected chi connectivity index (χ3v) is 10.1. The molecule has 0 spiro atoms. The molecule has 6 rings (SSSR count). The van der Waals surface area contributed by atoms with E-state index in [0.717, 1.165) is 47.1 Å². The van der Waals surface area contributed by atoms with Crippen molar-refractivity contribution in [3.8, 4) is 6.07 Å². The van der Waals surface area contributed by atoms with Gasteiger partial charge in [0.15, 0.2) is 0 Å². The van der Waals surface area contributed by atoms with Gasteiger partial charge in [-0.15, -0.1) is 16.4 Å². The van der Waals surface area contributed by atoms with Crippen molar-refractivity contribution < 1.29 is 8.42 Å². The van der Waals surface area contributed by atoms with E-state index in [0.29, 0.717) is 28.2 Å². The second-order valence-electron chi connectivity index (χ2n) is 9.38. The van der Waals surface area contributed by atoms with Crippen LogP contribution in [0.15, 0.2) is 83.9 Å². The van der Waals surface area contributed by atoms with Crippen LogP contribution in [-0.2, 0) is 36.0 Å². The maximum atomic E-state index is 14.4. The van der Waals surface area contributed by atoms with Gasteiger partial charge in [0, 0.05) is 10.3 Å². The smallest absolute Gasteiger partial charge is 0.250 e. The van der Waals surface area contributed by atoms with Crippen molar-refractivity contribution in [2.45, 2.75) is 43.7 Å². The zero-order chi connectivity index (χ0) is 26.1. The molecule has 7 nitrogen and oxygen atoms in total. The van der Waals surface area contributed by atoms with E-state index in [1.807, 2.05) is 60.7 Å². The van der Waals surface area contributed by atoms with E-state index >= 15 is 0 Å². The van der Waals surface area contributed by atoms with Crippen molar-refractivity contribution in [1.82, 2.24) is 15.0 Å². The molecule has 3 aromatic carbocycles. The second kappa shape index (κ2) is 10.0. The molecule has 2 heterocycles. The van der Waals surface area contributed by atoms with Gasteiger partial charge in [0.25, 0.3) is 10.0 Å². The van der Waals surface area contributed by atoms with E-state index in [4.69, 9.17) is 0 Å². The molecule has 2 aromatic heterocycles. The minimum absolute atomic E-state index is 0.0194. The summed E-state index contributed by atoms with van der Waals surface area (Å²) in [4.78, 5) is 1.32. The summed E-state index contributed by atoms with van der Waals surface area (Å²) in [5, 5.41) is 20.7. The Bertz CT molecular complexity index is 1760. The van der Waals surface area contributed by atoms with E-state index in [1.54, 1.807) is 23.0 Å². The molecule has 1 aliphatic rings. The fourth-order valence-corrected chi connectivity index (χ4v) is 8.27. The number of aryl methyl sites for hydroxylation is 1. The van der Waals surface area contributed by atoms with Gasteiger partial charge in [0.2, 0.25) is 0 Å². The first kappa shape index (κ1) is 24.3. The molecule has 1 aliphatic carbocycles. The number of thiophene rings is 1. The van der Waals surface area contributed by atoms with Crippen molar-refractivity contribution in [2.24, 2.45) is 0 Å². The maximum absolute atomic E-state index is 14.4. The van der Waals surface area contributed by atoms with Gasteiger partial charge in [-0.25, -0.2) is 17.4 Å². The topological polar surface area (TPSA) is 91.9 Å². The number of rotatable bonds is 7. The Balaban J connectivity index is 1.45. The van der Waals surface area contributed by atoms with Crippen LogP contribution in [0, 0.1) is 11.3 Å². The quantitative estimate of drug-likeness (QED) is 0.265. The Morgan fingerprint density at radius 1 is 0.974 bits per heavy atom. The number of fused-ring (bicyclic) bond motifs is 2. The van der Waals surface area contributed by atoms with Crippen LogP contribution in [0.2, 0.25) is 0 Å². The molecule has 0 atom stereocenters. The molecule has 0 fully saturated rings. The highest BCUT2D eigenvalue weighted by molar-refractivity contribution is 7.93. The van der Waals surface area contributed by atoms with Crippen molar-refractivity contribution in [3.05, 3.63) is 106 Å². The zero-order valence-corrected chi connectivity index (χ0v) is 22.3. The Kier molecular flexibility index (Phi) is 6.44. The number of nitrogens with zero attached hydrogens (tertiary/aromatic N) is 5. The van der Waals surface area contributed by atoms with Gasteiger partial charge in [0.05, 0.1) is 29.7 Å².